The van der Waals surface area contributed by atoms with Crippen molar-refractivity contribution < 1.29 is 13.6 Å². The number of amides is 1. The van der Waals surface area contributed by atoms with E-state index in [2.05, 4.69) is 15.6 Å². The number of guanidine groups is 1. The van der Waals surface area contributed by atoms with Crippen molar-refractivity contribution in [3.63, 3.8) is 0 Å². The maximum atomic E-state index is 13.5. The number of nitrogens with two attached hydrogens (primary N) is 1. The summed E-state index contributed by atoms with van der Waals surface area (Å²) < 4.78 is 18.8. The van der Waals surface area contributed by atoms with Gasteiger partial charge in [0.1, 0.15) is 11.6 Å². The van der Waals surface area contributed by atoms with Gasteiger partial charge in [0.15, 0.2) is 11.7 Å². The molecule has 23 heavy (non-hydrogen) atoms. The fraction of sp³-hybridized carbons (Fsp3) is 0.200. The first kappa shape index (κ1) is 18.9. The SMILES string of the molecule is CN=C(NCc1ccc(C(N)=O)o1)NCc1ccccc1F.I. The first-order valence-electron chi connectivity index (χ1n) is 6.66. The van der Waals surface area contributed by atoms with E-state index in [9.17, 15) is 9.18 Å². The van der Waals surface area contributed by atoms with E-state index in [-0.39, 0.29) is 35.6 Å². The number of carbonyl (C=O) groups excluding carboxylic acids is 1. The molecule has 1 amide bonds. The molecular weight excluding hydrogens is 414 g/mol. The van der Waals surface area contributed by atoms with Crippen LogP contribution in [0.1, 0.15) is 21.9 Å². The molecule has 0 aliphatic rings. The molecule has 4 N–H and O–H groups in total. The third kappa shape index (κ3) is 5.55. The predicted molar refractivity (Wildman–Crippen MR) is 96.1 cm³/mol. The average Bonchev–Trinajstić information content (AvgIpc) is 2.98. The molecule has 1 aromatic carbocycles. The monoisotopic (exact) mass is 432 g/mol. The molecule has 0 radical (unpaired) electrons. The van der Waals surface area contributed by atoms with Crippen LogP contribution in [0.3, 0.4) is 0 Å². The van der Waals surface area contributed by atoms with E-state index in [4.69, 9.17) is 10.2 Å². The van der Waals surface area contributed by atoms with Crippen molar-refractivity contribution >= 4 is 35.8 Å². The largest absolute Gasteiger partial charge is 0.454 e. The lowest BCUT2D eigenvalue weighted by molar-refractivity contribution is 0.0972. The van der Waals surface area contributed by atoms with E-state index in [0.717, 1.165) is 0 Å². The summed E-state index contributed by atoms with van der Waals surface area (Å²) in [4.78, 5) is 15.0. The van der Waals surface area contributed by atoms with Crippen LogP contribution in [0.25, 0.3) is 0 Å². The Morgan fingerprint density at radius 2 is 1.91 bits per heavy atom. The summed E-state index contributed by atoms with van der Waals surface area (Å²) in [7, 11) is 1.60. The second-order valence-corrected chi connectivity index (χ2v) is 4.50. The minimum atomic E-state index is -0.617. The van der Waals surface area contributed by atoms with Gasteiger partial charge in [0, 0.05) is 19.2 Å². The van der Waals surface area contributed by atoms with Crippen LogP contribution < -0.4 is 16.4 Å². The van der Waals surface area contributed by atoms with Crippen LogP contribution in [0.15, 0.2) is 45.8 Å². The van der Waals surface area contributed by atoms with Crippen molar-refractivity contribution in [2.45, 2.75) is 13.1 Å². The molecule has 2 rings (SSSR count). The molecule has 0 saturated heterocycles. The third-order valence-corrected chi connectivity index (χ3v) is 2.96. The van der Waals surface area contributed by atoms with Crippen LogP contribution in [0.2, 0.25) is 0 Å². The van der Waals surface area contributed by atoms with Crippen molar-refractivity contribution in [1.82, 2.24) is 10.6 Å². The van der Waals surface area contributed by atoms with Crippen molar-refractivity contribution in [3.05, 3.63) is 59.3 Å². The lowest BCUT2D eigenvalue weighted by Crippen LogP contribution is -2.36. The van der Waals surface area contributed by atoms with Gasteiger partial charge in [-0.05, 0) is 18.2 Å². The Kier molecular flexibility index (Phi) is 7.52. The summed E-state index contributed by atoms with van der Waals surface area (Å²) in [6.07, 6.45) is 0. The Labute approximate surface area is 150 Å². The van der Waals surface area contributed by atoms with Crippen LogP contribution in [0.4, 0.5) is 4.39 Å². The fourth-order valence-corrected chi connectivity index (χ4v) is 1.82. The molecule has 0 aliphatic carbocycles. The van der Waals surface area contributed by atoms with Crippen molar-refractivity contribution in [3.8, 4) is 0 Å². The summed E-state index contributed by atoms with van der Waals surface area (Å²) in [5.74, 6) is 0.241. The Balaban J connectivity index is 0.00000264. The number of nitrogens with one attached hydrogen (secondary N) is 2. The summed E-state index contributed by atoms with van der Waals surface area (Å²) in [6.45, 7) is 0.626. The Morgan fingerprint density at radius 1 is 1.22 bits per heavy atom. The van der Waals surface area contributed by atoms with E-state index in [1.54, 1.807) is 31.3 Å². The number of benzene rings is 1. The van der Waals surface area contributed by atoms with E-state index in [1.165, 1.54) is 12.1 Å². The first-order chi connectivity index (χ1) is 10.6. The molecule has 0 aliphatic heterocycles. The standard InChI is InChI=1S/C15H17FN4O2.HI/c1-18-15(19-8-10-4-2-3-5-12(10)16)20-9-11-6-7-13(22-11)14(17)21;/h2-7H,8-9H2,1H3,(H2,17,21)(H2,18,19,20);1H. The van der Waals surface area contributed by atoms with Crippen LogP contribution in [-0.2, 0) is 13.1 Å². The second kappa shape index (κ2) is 9.13. The number of rotatable bonds is 5. The molecule has 0 fully saturated rings. The molecular formula is C15H18FIN4O2. The molecule has 0 saturated carbocycles. The first-order valence-corrected chi connectivity index (χ1v) is 6.66. The minimum absolute atomic E-state index is 0. The Bertz CT molecular complexity index is 688. The lowest BCUT2D eigenvalue weighted by Gasteiger charge is -2.11. The quantitative estimate of drug-likeness (QED) is 0.383. The molecule has 1 heterocycles. The summed E-state index contributed by atoms with van der Waals surface area (Å²) >= 11 is 0. The van der Waals surface area contributed by atoms with E-state index in [0.29, 0.717) is 30.4 Å². The molecule has 2 aromatic rings. The van der Waals surface area contributed by atoms with E-state index >= 15 is 0 Å². The summed E-state index contributed by atoms with van der Waals surface area (Å²) in [6, 6.07) is 9.67. The van der Waals surface area contributed by atoms with Crippen molar-refractivity contribution in [1.29, 1.82) is 0 Å². The number of furan rings is 1. The van der Waals surface area contributed by atoms with Gasteiger partial charge in [0.25, 0.3) is 5.91 Å². The highest BCUT2D eigenvalue weighted by Gasteiger charge is 2.08. The van der Waals surface area contributed by atoms with E-state index < -0.39 is 5.91 Å². The molecule has 0 unspecified atom stereocenters. The molecule has 1 aromatic heterocycles. The van der Waals surface area contributed by atoms with E-state index in [1.807, 2.05) is 0 Å². The number of primary amides is 1. The third-order valence-electron chi connectivity index (χ3n) is 2.96. The number of carbonyl (C=O) groups is 1. The van der Waals surface area contributed by atoms with Crippen LogP contribution >= 0.6 is 24.0 Å². The highest BCUT2D eigenvalue weighted by molar-refractivity contribution is 14.0. The molecule has 0 atom stereocenters. The maximum absolute atomic E-state index is 13.5. The summed E-state index contributed by atoms with van der Waals surface area (Å²) in [5, 5.41) is 5.99. The van der Waals surface area contributed by atoms with Gasteiger partial charge in [-0.3, -0.25) is 9.79 Å². The smallest absolute Gasteiger partial charge is 0.284 e. The number of halogens is 2. The molecule has 0 bridgehead atoms. The van der Waals surface area contributed by atoms with Gasteiger partial charge in [-0.2, -0.15) is 0 Å². The highest BCUT2D eigenvalue weighted by atomic mass is 127. The zero-order chi connectivity index (χ0) is 15.9. The molecule has 8 heteroatoms. The Morgan fingerprint density at radius 3 is 2.52 bits per heavy atom. The van der Waals surface area contributed by atoms with Gasteiger partial charge in [-0.25, -0.2) is 4.39 Å². The van der Waals surface area contributed by atoms with Crippen LogP contribution in [-0.4, -0.2) is 18.9 Å². The molecule has 6 nitrogen and oxygen atoms in total. The fourth-order valence-electron chi connectivity index (χ4n) is 1.82. The zero-order valence-corrected chi connectivity index (χ0v) is 14.8. The van der Waals surface area contributed by atoms with Crippen molar-refractivity contribution in [2.24, 2.45) is 10.7 Å². The zero-order valence-electron chi connectivity index (χ0n) is 12.5. The topological polar surface area (TPSA) is 92.6 Å². The average molecular weight is 432 g/mol. The van der Waals surface area contributed by atoms with Crippen LogP contribution in [0, 0.1) is 5.82 Å². The van der Waals surface area contributed by atoms with Gasteiger partial charge in [0.2, 0.25) is 0 Å². The van der Waals surface area contributed by atoms with Crippen molar-refractivity contribution in [2.75, 3.05) is 7.05 Å². The minimum Gasteiger partial charge on any atom is -0.454 e. The van der Waals surface area contributed by atoms with Crippen LogP contribution in [0.5, 0.6) is 0 Å². The van der Waals surface area contributed by atoms with Gasteiger partial charge < -0.3 is 20.8 Å². The molecule has 0 spiro atoms. The van der Waals surface area contributed by atoms with Gasteiger partial charge in [0.05, 0.1) is 6.54 Å². The predicted octanol–water partition coefficient (Wildman–Crippen LogP) is 2.00. The second-order valence-electron chi connectivity index (χ2n) is 4.50. The number of hydrogen-bond acceptors (Lipinski definition) is 3. The highest BCUT2D eigenvalue weighted by Crippen LogP contribution is 2.07. The normalized spacial score (nSPS) is 10.8. The number of nitrogens with zero attached hydrogens (tertiary/aromatic N) is 1. The molecule has 124 valence electrons. The van der Waals surface area contributed by atoms with Gasteiger partial charge >= 0.3 is 0 Å². The number of aliphatic imine (C=N–C) groups is 1. The number of hydrogen-bond donors (Lipinski definition) is 3. The summed E-state index contributed by atoms with van der Waals surface area (Å²) in [5.41, 5.74) is 5.65. The lowest BCUT2D eigenvalue weighted by atomic mass is 10.2. The van der Waals surface area contributed by atoms with Gasteiger partial charge in [-0.15, -0.1) is 24.0 Å². The maximum Gasteiger partial charge on any atom is 0.284 e. The van der Waals surface area contributed by atoms with Gasteiger partial charge in [-0.1, -0.05) is 18.2 Å². The Hall–Kier alpha value is -2.10.